The second kappa shape index (κ2) is 7.58. The zero-order valence-corrected chi connectivity index (χ0v) is 15.9. The standard InChI is InChI=1S/C23H23FN2O2/c1-15-10-11-21-16(12-15)13-17(22(27)25-21)14-26(18-6-2-3-7-18)23(28)19-8-4-5-9-20(19)24/h4-5,8-13,18H,2-3,6-7,14H2,1H3,(H,25,27). The molecule has 1 fully saturated rings. The number of halogens is 1. The monoisotopic (exact) mass is 378 g/mol. The number of hydrogen-bond donors (Lipinski definition) is 1. The lowest BCUT2D eigenvalue weighted by atomic mass is 10.1. The molecule has 0 unspecified atom stereocenters. The lowest BCUT2D eigenvalue weighted by molar-refractivity contribution is 0.0659. The minimum absolute atomic E-state index is 0.0275. The van der Waals surface area contributed by atoms with Crippen molar-refractivity contribution >= 4 is 16.8 Å². The first-order valence-electron chi connectivity index (χ1n) is 9.71. The van der Waals surface area contributed by atoms with Crippen molar-refractivity contribution in [3.05, 3.63) is 81.4 Å². The summed E-state index contributed by atoms with van der Waals surface area (Å²) in [4.78, 5) is 30.4. The van der Waals surface area contributed by atoms with Crippen molar-refractivity contribution in [1.29, 1.82) is 0 Å². The molecule has 0 radical (unpaired) electrons. The Morgan fingerprint density at radius 2 is 1.89 bits per heavy atom. The highest BCUT2D eigenvalue weighted by Gasteiger charge is 2.29. The molecule has 1 heterocycles. The van der Waals surface area contributed by atoms with Gasteiger partial charge in [0.05, 0.1) is 12.1 Å². The van der Waals surface area contributed by atoms with E-state index >= 15 is 0 Å². The maximum Gasteiger partial charge on any atom is 0.257 e. The maximum absolute atomic E-state index is 14.2. The first-order valence-corrected chi connectivity index (χ1v) is 9.71. The van der Waals surface area contributed by atoms with Crippen molar-refractivity contribution in [3.8, 4) is 0 Å². The van der Waals surface area contributed by atoms with Crippen molar-refractivity contribution < 1.29 is 9.18 Å². The SMILES string of the molecule is Cc1ccc2[nH]c(=O)c(CN(C(=O)c3ccccc3F)C3CCCC3)cc2c1. The van der Waals surface area contributed by atoms with E-state index in [1.54, 1.807) is 17.0 Å². The van der Waals surface area contributed by atoms with Crippen LogP contribution in [0.25, 0.3) is 10.9 Å². The van der Waals surface area contributed by atoms with E-state index in [-0.39, 0.29) is 29.6 Å². The van der Waals surface area contributed by atoms with Crippen LogP contribution in [-0.4, -0.2) is 21.8 Å². The predicted octanol–water partition coefficient (Wildman–Crippen LogP) is 4.56. The number of nitrogens with zero attached hydrogens (tertiary/aromatic N) is 1. The zero-order chi connectivity index (χ0) is 19.7. The molecule has 0 saturated heterocycles. The predicted molar refractivity (Wildman–Crippen MR) is 108 cm³/mol. The fourth-order valence-corrected chi connectivity index (χ4v) is 4.04. The van der Waals surface area contributed by atoms with Crippen molar-refractivity contribution in [2.24, 2.45) is 0 Å². The van der Waals surface area contributed by atoms with Gasteiger partial charge in [0.25, 0.3) is 11.5 Å². The minimum Gasteiger partial charge on any atom is -0.331 e. The summed E-state index contributed by atoms with van der Waals surface area (Å²) >= 11 is 0. The van der Waals surface area contributed by atoms with E-state index in [2.05, 4.69) is 4.98 Å². The molecule has 1 aromatic heterocycles. The number of aromatic amines is 1. The van der Waals surface area contributed by atoms with Crippen LogP contribution < -0.4 is 5.56 Å². The number of pyridine rings is 1. The summed E-state index contributed by atoms with van der Waals surface area (Å²) in [5.41, 5.74) is 2.24. The van der Waals surface area contributed by atoms with E-state index < -0.39 is 5.82 Å². The summed E-state index contributed by atoms with van der Waals surface area (Å²) in [6.45, 7) is 2.17. The molecule has 0 aliphatic heterocycles. The lowest BCUT2D eigenvalue weighted by Gasteiger charge is -2.29. The van der Waals surface area contributed by atoms with Crippen molar-refractivity contribution in [1.82, 2.24) is 9.88 Å². The van der Waals surface area contributed by atoms with Gasteiger partial charge < -0.3 is 9.88 Å². The molecule has 1 aliphatic carbocycles. The summed E-state index contributed by atoms with van der Waals surface area (Å²) < 4.78 is 14.2. The van der Waals surface area contributed by atoms with E-state index in [0.29, 0.717) is 5.56 Å². The van der Waals surface area contributed by atoms with E-state index in [9.17, 15) is 14.0 Å². The topological polar surface area (TPSA) is 53.2 Å². The third-order valence-corrected chi connectivity index (χ3v) is 5.55. The van der Waals surface area contributed by atoms with Crippen LogP contribution >= 0.6 is 0 Å². The molecule has 1 saturated carbocycles. The molecule has 1 amide bonds. The summed E-state index contributed by atoms with van der Waals surface area (Å²) in [6, 6.07) is 13.8. The summed E-state index contributed by atoms with van der Waals surface area (Å²) in [5.74, 6) is -0.882. The molecule has 0 bridgehead atoms. The van der Waals surface area contributed by atoms with E-state index in [4.69, 9.17) is 0 Å². The molecule has 28 heavy (non-hydrogen) atoms. The molecule has 144 valence electrons. The Morgan fingerprint density at radius 1 is 1.14 bits per heavy atom. The van der Waals surface area contributed by atoms with Gasteiger partial charge in [-0.2, -0.15) is 0 Å². The number of aromatic nitrogens is 1. The third-order valence-electron chi connectivity index (χ3n) is 5.55. The van der Waals surface area contributed by atoms with Gasteiger partial charge in [0.2, 0.25) is 0 Å². The quantitative estimate of drug-likeness (QED) is 0.724. The average molecular weight is 378 g/mol. The van der Waals surface area contributed by atoms with Crippen molar-refractivity contribution in [3.63, 3.8) is 0 Å². The van der Waals surface area contributed by atoms with Crippen LogP contribution in [0.3, 0.4) is 0 Å². The Hall–Kier alpha value is -2.95. The van der Waals surface area contributed by atoms with Gasteiger partial charge in [0.15, 0.2) is 0 Å². The number of carbonyl (C=O) groups is 1. The average Bonchev–Trinajstić information content (AvgIpc) is 3.21. The Morgan fingerprint density at radius 3 is 2.64 bits per heavy atom. The Labute approximate surface area is 163 Å². The number of hydrogen-bond acceptors (Lipinski definition) is 2. The Bertz CT molecular complexity index is 1080. The van der Waals surface area contributed by atoms with Crippen molar-refractivity contribution in [2.45, 2.75) is 45.2 Å². The van der Waals surface area contributed by atoms with Gasteiger partial charge in [-0.3, -0.25) is 9.59 Å². The molecule has 5 heteroatoms. The number of rotatable bonds is 4. The van der Waals surface area contributed by atoms with E-state index in [1.807, 2.05) is 31.2 Å². The van der Waals surface area contributed by atoms with Gasteiger partial charge in [0, 0.05) is 17.1 Å². The molecule has 1 aliphatic rings. The number of nitrogens with one attached hydrogen (secondary N) is 1. The highest BCUT2D eigenvalue weighted by atomic mass is 19.1. The van der Waals surface area contributed by atoms with Crippen LogP contribution in [0, 0.1) is 12.7 Å². The van der Waals surface area contributed by atoms with Gasteiger partial charge in [-0.15, -0.1) is 0 Å². The fourth-order valence-electron chi connectivity index (χ4n) is 4.04. The molecule has 4 rings (SSSR count). The van der Waals surface area contributed by atoms with Crippen LogP contribution in [0.15, 0.2) is 53.3 Å². The van der Waals surface area contributed by atoms with Gasteiger partial charge in [-0.25, -0.2) is 4.39 Å². The molecule has 0 spiro atoms. The summed E-state index contributed by atoms with van der Waals surface area (Å²) in [5, 5.41) is 0.930. The van der Waals surface area contributed by atoms with Crippen LogP contribution in [0.5, 0.6) is 0 Å². The molecule has 0 atom stereocenters. The smallest absolute Gasteiger partial charge is 0.257 e. The van der Waals surface area contributed by atoms with Gasteiger partial charge in [-0.05, 0) is 55.5 Å². The number of aryl methyl sites for hydroxylation is 1. The fraction of sp³-hybridized carbons (Fsp3) is 0.304. The number of amides is 1. The largest absolute Gasteiger partial charge is 0.331 e. The van der Waals surface area contributed by atoms with E-state index in [0.717, 1.165) is 42.1 Å². The maximum atomic E-state index is 14.2. The van der Waals surface area contributed by atoms with Crippen molar-refractivity contribution in [2.75, 3.05) is 0 Å². The number of H-pyrrole nitrogens is 1. The molecule has 4 nitrogen and oxygen atoms in total. The first kappa shape index (κ1) is 18.4. The second-order valence-corrected chi connectivity index (χ2v) is 7.57. The van der Waals surface area contributed by atoms with Crippen LogP contribution in [0.1, 0.15) is 47.2 Å². The normalized spacial score (nSPS) is 14.5. The summed E-state index contributed by atoms with van der Waals surface area (Å²) in [7, 11) is 0. The molecular weight excluding hydrogens is 355 g/mol. The molecule has 1 N–H and O–H groups in total. The van der Waals surface area contributed by atoms with Crippen LogP contribution in [0.4, 0.5) is 4.39 Å². The third kappa shape index (κ3) is 3.57. The Balaban J connectivity index is 1.73. The summed E-state index contributed by atoms with van der Waals surface area (Å²) in [6.07, 6.45) is 3.84. The highest BCUT2D eigenvalue weighted by Crippen LogP contribution is 2.27. The van der Waals surface area contributed by atoms with E-state index in [1.165, 1.54) is 12.1 Å². The second-order valence-electron chi connectivity index (χ2n) is 7.57. The minimum atomic E-state index is -0.529. The lowest BCUT2D eigenvalue weighted by Crippen LogP contribution is -2.40. The molecular formula is C23H23FN2O2. The number of carbonyl (C=O) groups excluding carboxylic acids is 1. The van der Waals surface area contributed by atoms with Gasteiger partial charge >= 0.3 is 0 Å². The van der Waals surface area contributed by atoms with Crippen LogP contribution in [-0.2, 0) is 6.54 Å². The Kier molecular flexibility index (Phi) is 4.99. The molecule has 3 aromatic rings. The number of fused-ring (bicyclic) bond motifs is 1. The van der Waals surface area contributed by atoms with Gasteiger partial charge in [-0.1, -0.05) is 36.6 Å². The van der Waals surface area contributed by atoms with Crippen LogP contribution in [0.2, 0.25) is 0 Å². The highest BCUT2D eigenvalue weighted by molar-refractivity contribution is 5.94. The number of benzene rings is 2. The molecule has 2 aromatic carbocycles. The van der Waals surface area contributed by atoms with Gasteiger partial charge in [0.1, 0.15) is 5.82 Å². The first-order chi connectivity index (χ1) is 13.5. The zero-order valence-electron chi connectivity index (χ0n) is 15.9.